The highest BCUT2D eigenvalue weighted by Gasteiger charge is 2.22. The van der Waals surface area contributed by atoms with Crippen LogP contribution in [0.1, 0.15) is 10.4 Å². The van der Waals surface area contributed by atoms with Gasteiger partial charge in [0.05, 0.1) is 12.1 Å². The van der Waals surface area contributed by atoms with Gasteiger partial charge in [-0.1, -0.05) is 23.2 Å². The van der Waals surface area contributed by atoms with E-state index in [0.717, 1.165) is 24.5 Å². The van der Waals surface area contributed by atoms with Crippen molar-refractivity contribution < 1.29 is 19.1 Å². The monoisotopic (exact) mass is 513 g/mol. The highest BCUT2D eigenvalue weighted by atomic mass is 35.5. The summed E-state index contributed by atoms with van der Waals surface area (Å²) in [6, 6.07) is 19.6. The lowest BCUT2D eigenvalue weighted by Crippen LogP contribution is -2.48. The number of nitrogens with zero attached hydrogens (tertiary/aromatic N) is 2. The van der Waals surface area contributed by atoms with E-state index in [1.807, 2.05) is 29.2 Å². The highest BCUT2D eigenvalue weighted by Crippen LogP contribution is 2.27. The summed E-state index contributed by atoms with van der Waals surface area (Å²) in [6.07, 6.45) is 0. The van der Waals surface area contributed by atoms with Gasteiger partial charge in [-0.2, -0.15) is 0 Å². The van der Waals surface area contributed by atoms with Gasteiger partial charge in [-0.05, 0) is 66.7 Å². The number of halogens is 2. The Labute approximate surface area is 214 Å². The second kappa shape index (κ2) is 11.3. The lowest BCUT2D eigenvalue weighted by molar-refractivity contribution is -0.118. The molecule has 0 bridgehead atoms. The summed E-state index contributed by atoms with van der Waals surface area (Å²) >= 11 is 11.9. The number of benzene rings is 3. The van der Waals surface area contributed by atoms with Crippen LogP contribution in [-0.4, -0.2) is 56.6 Å². The minimum absolute atomic E-state index is 0.0208. The van der Waals surface area contributed by atoms with Crippen LogP contribution in [0.15, 0.2) is 66.7 Å². The molecule has 0 aromatic heterocycles. The van der Waals surface area contributed by atoms with Gasteiger partial charge < -0.3 is 24.6 Å². The molecule has 0 aliphatic carbocycles. The number of piperazine rings is 1. The Morgan fingerprint density at radius 2 is 1.60 bits per heavy atom. The summed E-state index contributed by atoms with van der Waals surface area (Å²) in [4.78, 5) is 29.1. The quantitative estimate of drug-likeness (QED) is 0.482. The molecule has 2 amide bonds. The molecule has 9 heteroatoms. The molecule has 1 saturated heterocycles. The third-order valence-corrected chi connectivity index (χ3v) is 6.20. The fourth-order valence-corrected chi connectivity index (χ4v) is 4.24. The minimum atomic E-state index is -0.297. The summed E-state index contributed by atoms with van der Waals surface area (Å²) in [5.74, 6) is 0.845. The molecular weight excluding hydrogens is 489 g/mol. The molecule has 7 nitrogen and oxygen atoms in total. The zero-order chi connectivity index (χ0) is 24.8. The first-order valence-electron chi connectivity index (χ1n) is 11.1. The van der Waals surface area contributed by atoms with Gasteiger partial charge in [0.1, 0.15) is 11.5 Å². The van der Waals surface area contributed by atoms with Gasteiger partial charge in [0.15, 0.2) is 6.61 Å². The van der Waals surface area contributed by atoms with E-state index in [9.17, 15) is 9.59 Å². The van der Waals surface area contributed by atoms with Gasteiger partial charge in [-0.15, -0.1) is 0 Å². The molecule has 0 atom stereocenters. The van der Waals surface area contributed by atoms with E-state index in [-0.39, 0.29) is 18.4 Å². The van der Waals surface area contributed by atoms with Crippen molar-refractivity contribution in [2.45, 2.75) is 0 Å². The van der Waals surface area contributed by atoms with Crippen molar-refractivity contribution in [1.29, 1.82) is 0 Å². The number of methoxy groups -OCH3 is 1. The van der Waals surface area contributed by atoms with Gasteiger partial charge in [0.25, 0.3) is 11.8 Å². The van der Waals surface area contributed by atoms with Crippen LogP contribution >= 0.6 is 23.2 Å². The number of carbonyl (C=O) groups is 2. The van der Waals surface area contributed by atoms with E-state index in [2.05, 4.69) is 10.2 Å². The van der Waals surface area contributed by atoms with Gasteiger partial charge in [-0.3, -0.25) is 9.59 Å². The Hall–Kier alpha value is -3.42. The number of rotatable bonds is 7. The van der Waals surface area contributed by atoms with Crippen LogP contribution in [0.5, 0.6) is 11.5 Å². The maximum absolute atomic E-state index is 12.8. The first kappa shape index (κ1) is 24.7. The molecule has 3 aromatic rings. The maximum atomic E-state index is 12.8. The van der Waals surface area contributed by atoms with Crippen LogP contribution in [0.2, 0.25) is 10.0 Å². The number of anilines is 2. The van der Waals surface area contributed by atoms with Crippen LogP contribution in [0.4, 0.5) is 11.4 Å². The summed E-state index contributed by atoms with van der Waals surface area (Å²) in [6.45, 7) is 2.54. The summed E-state index contributed by atoms with van der Waals surface area (Å²) in [5, 5.41) is 3.65. The van der Waals surface area contributed by atoms with Crippen LogP contribution in [-0.2, 0) is 4.79 Å². The number of hydrogen-bond donors (Lipinski definition) is 1. The van der Waals surface area contributed by atoms with Crippen LogP contribution in [0, 0.1) is 0 Å². The minimum Gasteiger partial charge on any atom is -0.497 e. The predicted molar refractivity (Wildman–Crippen MR) is 138 cm³/mol. The average molecular weight is 514 g/mol. The van der Waals surface area contributed by atoms with Crippen molar-refractivity contribution in [2.75, 3.05) is 50.1 Å². The molecule has 182 valence electrons. The van der Waals surface area contributed by atoms with Crippen LogP contribution < -0.4 is 19.7 Å². The van der Waals surface area contributed by atoms with Gasteiger partial charge in [0.2, 0.25) is 0 Å². The Morgan fingerprint density at radius 3 is 2.23 bits per heavy atom. The summed E-state index contributed by atoms with van der Waals surface area (Å²) < 4.78 is 10.6. The molecule has 1 aliphatic heterocycles. The Kier molecular flexibility index (Phi) is 8.00. The first-order valence-corrected chi connectivity index (χ1v) is 11.8. The van der Waals surface area contributed by atoms with Crippen molar-refractivity contribution in [3.63, 3.8) is 0 Å². The maximum Gasteiger partial charge on any atom is 0.262 e. The van der Waals surface area contributed by atoms with E-state index in [1.165, 1.54) is 0 Å². The van der Waals surface area contributed by atoms with Crippen molar-refractivity contribution in [2.24, 2.45) is 0 Å². The van der Waals surface area contributed by atoms with E-state index in [1.54, 1.807) is 49.6 Å². The average Bonchev–Trinajstić information content (AvgIpc) is 2.88. The SMILES string of the molecule is COc1ccc(C(=O)N2CCN(c3ccc(NC(=O)COc4ccc(Cl)cc4Cl)cc3)CC2)cc1. The van der Waals surface area contributed by atoms with E-state index in [4.69, 9.17) is 32.7 Å². The molecule has 0 spiro atoms. The third kappa shape index (κ3) is 6.38. The molecule has 1 N–H and O–H groups in total. The van der Waals surface area contributed by atoms with E-state index in [0.29, 0.717) is 40.1 Å². The molecule has 0 unspecified atom stereocenters. The number of nitrogens with one attached hydrogen (secondary N) is 1. The number of ether oxygens (including phenoxy) is 2. The van der Waals surface area contributed by atoms with Crippen molar-refractivity contribution >= 4 is 46.4 Å². The molecule has 4 rings (SSSR count). The molecule has 0 saturated carbocycles. The fourth-order valence-electron chi connectivity index (χ4n) is 3.77. The molecule has 0 radical (unpaired) electrons. The topological polar surface area (TPSA) is 71.1 Å². The Bertz CT molecular complexity index is 1180. The third-order valence-electron chi connectivity index (χ3n) is 5.67. The van der Waals surface area contributed by atoms with Gasteiger partial charge >= 0.3 is 0 Å². The number of amides is 2. The second-order valence-electron chi connectivity index (χ2n) is 7.97. The standard InChI is InChI=1S/C26H25Cl2N3O4/c1-34-22-9-2-18(3-10-22)26(33)31-14-12-30(13-15-31)21-7-5-20(6-8-21)29-25(32)17-35-24-11-4-19(27)16-23(24)28/h2-11,16H,12-15,17H2,1H3,(H,29,32). The molecule has 3 aromatic carbocycles. The molecule has 1 aliphatic rings. The number of carbonyl (C=O) groups excluding carboxylic acids is 2. The van der Waals surface area contributed by atoms with E-state index >= 15 is 0 Å². The zero-order valence-corrected chi connectivity index (χ0v) is 20.7. The second-order valence-corrected chi connectivity index (χ2v) is 8.81. The number of hydrogen-bond acceptors (Lipinski definition) is 5. The summed E-state index contributed by atoms with van der Waals surface area (Å²) in [5.41, 5.74) is 2.35. The molecular formula is C26H25Cl2N3O4. The molecule has 35 heavy (non-hydrogen) atoms. The lowest BCUT2D eigenvalue weighted by atomic mass is 10.1. The van der Waals surface area contributed by atoms with Crippen LogP contribution in [0.25, 0.3) is 0 Å². The predicted octanol–water partition coefficient (Wildman–Crippen LogP) is 4.98. The van der Waals surface area contributed by atoms with Crippen molar-refractivity contribution in [3.05, 3.63) is 82.3 Å². The largest absolute Gasteiger partial charge is 0.497 e. The van der Waals surface area contributed by atoms with E-state index < -0.39 is 0 Å². The highest BCUT2D eigenvalue weighted by molar-refractivity contribution is 6.35. The fraction of sp³-hybridized carbons (Fsp3) is 0.231. The van der Waals surface area contributed by atoms with Crippen LogP contribution in [0.3, 0.4) is 0 Å². The Morgan fingerprint density at radius 1 is 0.914 bits per heavy atom. The first-order chi connectivity index (χ1) is 16.9. The van der Waals surface area contributed by atoms with Gasteiger partial charge in [-0.25, -0.2) is 0 Å². The zero-order valence-electron chi connectivity index (χ0n) is 19.2. The van der Waals surface area contributed by atoms with Crippen molar-refractivity contribution in [1.82, 2.24) is 4.90 Å². The lowest BCUT2D eigenvalue weighted by Gasteiger charge is -2.36. The van der Waals surface area contributed by atoms with Crippen molar-refractivity contribution in [3.8, 4) is 11.5 Å². The Balaban J connectivity index is 1.25. The molecule has 1 fully saturated rings. The molecule has 1 heterocycles. The summed E-state index contributed by atoms with van der Waals surface area (Å²) in [7, 11) is 1.60. The smallest absolute Gasteiger partial charge is 0.262 e. The normalized spacial score (nSPS) is 13.3. The van der Waals surface area contributed by atoms with Gasteiger partial charge in [0, 0.05) is 48.1 Å².